The van der Waals surface area contributed by atoms with Gasteiger partial charge in [0.25, 0.3) is 0 Å². The second-order valence-electron chi connectivity index (χ2n) is 13.0. The topological polar surface area (TPSA) is 39.7 Å². The maximum atomic E-state index is 4.86. The van der Waals surface area contributed by atoms with Gasteiger partial charge in [-0.05, 0) is 96.5 Å². The Morgan fingerprint density at radius 2 is 1.38 bits per heavy atom. The number of nitrogens with one attached hydrogen (secondary N) is 2. The van der Waals surface area contributed by atoms with Crippen molar-refractivity contribution in [2.45, 2.75) is 45.4 Å². The maximum absolute atomic E-state index is 4.86. The molecule has 2 N–H and O–H groups in total. The summed E-state index contributed by atoms with van der Waals surface area (Å²) in [7, 11) is 0. The van der Waals surface area contributed by atoms with E-state index in [0.717, 1.165) is 17.8 Å². The number of nitrogens with zero attached hydrogens (tertiary/aromatic N) is 2. The van der Waals surface area contributed by atoms with E-state index in [-0.39, 0.29) is 12.3 Å². The molecule has 0 fully saturated rings. The van der Waals surface area contributed by atoms with Gasteiger partial charge in [-0.3, -0.25) is 4.99 Å². The summed E-state index contributed by atoms with van der Waals surface area (Å²) in [4.78, 5) is 7.25. The third-order valence-corrected chi connectivity index (χ3v) is 9.88. The van der Waals surface area contributed by atoms with Crippen LogP contribution < -0.4 is 15.5 Å². The Kier molecular flexibility index (Phi) is 7.78. The van der Waals surface area contributed by atoms with Gasteiger partial charge in [0, 0.05) is 22.9 Å². The number of anilines is 3. The van der Waals surface area contributed by atoms with E-state index < -0.39 is 0 Å². The molecule has 5 aromatic carbocycles. The van der Waals surface area contributed by atoms with Crippen LogP contribution in [0.3, 0.4) is 0 Å². The number of hydrogen-bond acceptors (Lipinski definition) is 4. The fraction of sp³-hybridized carbons (Fsp3) is 0.159. The first-order valence-electron chi connectivity index (χ1n) is 16.9. The minimum absolute atomic E-state index is 0.0269. The molecule has 4 heteroatoms. The molecule has 0 bridgehead atoms. The first-order valence-corrected chi connectivity index (χ1v) is 16.9. The zero-order valence-electron chi connectivity index (χ0n) is 27.7. The summed E-state index contributed by atoms with van der Waals surface area (Å²) >= 11 is 0. The third kappa shape index (κ3) is 5.64. The maximum Gasteiger partial charge on any atom is 0.130 e. The number of aliphatic imine (C=N–C) groups is 1. The molecule has 0 saturated carbocycles. The van der Waals surface area contributed by atoms with Crippen LogP contribution in [-0.4, -0.2) is 11.9 Å². The lowest BCUT2D eigenvalue weighted by Gasteiger charge is -2.27. The largest absolute Gasteiger partial charge is 0.367 e. The second-order valence-corrected chi connectivity index (χ2v) is 13.0. The Bertz CT molecular complexity index is 2080. The molecule has 1 aliphatic carbocycles. The van der Waals surface area contributed by atoms with Crippen LogP contribution in [0.25, 0.3) is 16.7 Å². The van der Waals surface area contributed by atoms with Crippen molar-refractivity contribution in [1.29, 1.82) is 0 Å². The van der Waals surface area contributed by atoms with Gasteiger partial charge in [0.1, 0.15) is 12.3 Å². The van der Waals surface area contributed by atoms with Crippen LogP contribution in [0, 0.1) is 0 Å². The van der Waals surface area contributed by atoms with E-state index in [1.807, 2.05) is 0 Å². The number of para-hydroxylation sites is 3. The first kappa shape index (κ1) is 29.8. The normalized spacial score (nSPS) is 20.1. The van der Waals surface area contributed by atoms with Gasteiger partial charge in [-0.15, -0.1) is 0 Å². The Labute approximate surface area is 283 Å². The molecule has 48 heavy (non-hydrogen) atoms. The van der Waals surface area contributed by atoms with Crippen molar-refractivity contribution < 1.29 is 0 Å². The highest BCUT2D eigenvalue weighted by molar-refractivity contribution is 6.13. The van der Waals surface area contributed by atoms with Crippen molar-refractivity contribution in [2.75, 3.05) is 10.2 Å². The average molecular weight is 625 g/mol. The van der Waals surface area contributed by atoms with Gasteiger partial charge in [-0.2, -0.15) is 0 Å². The van der Waals surface area contributed by atoms with E-state index in [9.17, 15) is 0 Å². The molecule has 0 saturated heterocycles. The van der Waals surface area contributed by atoms with Gasteiger partial charge in [0.2, 0.25) is 0 Å². The zero-order valence-corrected chi connectivity index (χ0v) is 27.7. The van der Waals surface area contributed by atoms with Crippen LogP contribution >= 0.6 is 0 Å². The van der Waals surface area contributed by atoms with E-state index in [0.29, 0.717) is 5.92 Å². The van der Waals surface area contributed by atoms with E-state index in [1.165, 1.54) is 61.6 Å². The molecular weight excluding hydrogens is 585 g/mol. The van der Waals surface area contributed by atoms with Crippen LogP contribution in [0.5, 0.6) is 0 Å². The van der Waals surface area contributed by atoms with E-state index in [4.69, 9.17) is 4.99 Å². The number of rotatable bonds is 6. The standard InChI is InChI=1S/C44H40N4/c1-29-30(2)45-31(3)46-43(29)36-24-20-33(21-25-36)32-16-18-34(19-17-32)38-10-9-11-39(28-38)35-22-26-37(27-23-35)44-47-41-14-7-8-15-42(41)48(44)40-12-5-4-6-13-40/h4-16,18-28,31-32,44-45,47H,17H2,1-3H3. The summed E-state index contributed by atoms with van der Waals surface area (Å²) in [5, 5.41) is 7.17. The van der Waals surface area contributed by atoms with Crippen LogP contribution in [0.15, 0.2) is 162 Å². The summed E-state index contributed by atoms with van der Waals surface area (Å²) in [6.45, 7) is 6.37. The van der Waals surface area contributed by atoms with Crippen molar-refractivity contribution >= 4 is 28.3 Å². The van der Waals surface area contributed by atoms with Gasteiger partial charge in [-0.1, -0.05) is 115 Å². The Hall–Kier alpha value is -5.61. The van der Waals surface area contributed by atoms with Gasteiger partial charge >= 0.3 is 0 Å². The molecule has 236 valence electrons. The molecule has 3 unspecified atom stereocenters. The lowest BCUT2D eigenvalue weighted by molar-refractivity contribution is 0.629. The predicted octanol–water partition coefficient (Wildman–Crippen LogP) is 10.8. The molecule has 8 rings (SSSR count). The molecule has 4 nitrogen and oxygen atoms in total. The highest BCUT2D eigenvalue weighted by Crippen LogP contribution is 2.46. The fourth-order valence-electron chi connectivity index (χ4n) is 7.18. The quantitative estimate of drug-likeness (QED) is 0.197. The van der Waals surface area contributed by atoms with E-state index in [2.05, 4.69) is 182 Å². The highest BCUT2D eigenvalue weighted by Gasteiger charge is 2.30. The Morgan fingerprint density at radius 1 is 0.667 bits per heavy atom. The monoisotopic (exact) mass is 624 g/mol. The molecule has 0 amide bonds. The molecule has 3 aliphatic rings. The van der Waals surface area contributed by atoms with Crippen molar-refractivity contribution in [3.8, 4) is 11.1 Å². The summed E-state index contributed by atoms with van der Waals surface area (Å²) < 4.78 is 0. The van der Waals surface area contributed by atoms with Crippen LogP contribution in [0.4, 0.5) is 17.1 Å². The molecule has 5 aromatic rings. The number of benzene rings is 5. The van der Waals surface area contributed by atoms with Gasteiger partial charge in [0.15, 0.2) is 0 Å². The number of hydrogen-bond donors (Lipinski definition) is 2. The van der Waals surface area contributed by atoms with Gasteiger partial charge in [-0.25, -0.2) is 0 Å². The van der Waals surface area contributed by atoms with Crippen molar-refractivity contribution in [1.82, 2.24) is 5.32 Å². The Morgan fingerprint density at radius 3 is 2.15 bits per heavy atom. The lowest BCUT2D eigenvalue weighted by Crippen LogP contribution is -2.30. The average Bonchev–Trinajstić information content (AvgIpc) is 3.54. The summed E-state index contributed by atoms with van der Waals surface area (Å²) in [5.74, 6) is 0.372. The first-order chi connectivity index (χ1) is 23.5. The molecule has 0 spiro atoms. The minimum atomic E-state index is 0.0269. The fourth-order valence-corrected chi connectivity index (χ4v) is 7.18. The summed E-state index contributed by atoms with van der Waals surface area (Å²) in [5.41, 5.74) is 15.8. The molecule has 2 heterocycles. The molecule has 0 aromatic heterocycles. The smallest absolute Gasteiger partial charge is 0.130 e. The highest BCUT2D eigenvalue weighted by atomic mass is 15.3. The number of fused-ring (bicyclic) bond motifs is 1. The van der Waals surface area contributed by atoms with Crippen molar-refractivity contribution in [3.63, 3.8) is 0 Å². The van der Waals surface area contributed by atoms with Gasteiger partial charge in [0.05, 0.1) is 17.1 Å². The molecular formula is C44H40N4. The zero-order chi connectivity index (χ0) is 32.6. The van der Waals surface area contributed by atoms with Crippen molar-refractivity contribution in [2.24, 2.45) is 4.99 Å². The minimum Gasteiger partial charge on any atom is -0.367 e. The van der Waals surface area contributed by atoms with Crippen molar-refractivity contribution in [3.05, 3.63) is 179 Å². The summed E-state index contributed by atoms with van der Waals surface area (Å²) in [6.07, 6.45) is 8.15. The predicted molar refractivity (Wildman–Crippen MR) is 202 cm³/mol. The number of allylic oxidation sites excluding steroid dienone is 6. The molecule has 2 aliphatic heterocycles. The third-order valence-electron chi connectivity index (χ3n) is 9.88. The van der Waals surface area contributed by atoms with Crippen LogP contribution in [0.1, 0.15) is 61.5 Å². The summed E-state index contributed by atoms with van der Waals surface area (Å²) in [6, 6.07) is 46.1. The van der Waals surface area contributed by atoms with Gasteiger partial charge < -0.3 is 15.5 Å². The SMILES string of the molecule is CC1=C(C)C(c2ccc(C3C=CC(c4cccc(-c5ccc(C6Nc7ccccc7N6c6ccccc6)cc5)c4)=CC3)cc2)=NC(C)N1. The van der Waals surface area contributed by atoms with Crippen LogP contribution in [0.2, 0.25) is 0 Å². The second kappa shape index (κ2) is 12.5. The molecule has 0 radical (unpaired) electrons. The molecule has 3 atom stereocenters. The Balaban J connectivity index is 0.976. The van der Waals surface area contributed by atoms with E-state index >= 15 is 0 Å². The lowest BCUT2D eigenvalue weighted by atomic mass is 9.87. The van der Waals surface area contributed by atoms with E-state index in [1.54, 1.807) is 0 Å². The van der Waals surface area contributed by atoms with Crippen LogP contribution in [-0.2, 0) is 0 Å².